The van der Waals surface area contributed by atoms with Crippen molar-refractivity contribution in [2.24, 2.45) is 0 Å². The summed E-state index contributed by atoms with van der Waals surface area (Å²) in [6.45, 7) is 9.63. The van der Waals surface area contributed by atoms with Gasteiger partial charge in [-0.15, -0.1) is 0 Å². The quantitative estimate of drug-likeness (QED) is 0.854. The monoisotopic (exact) mass is 277 g/mol. The van der Waals surface area contributed by atoms with Crippen LogP contribution in [0, 0.1) is 0 Å². The average Bonchev–Trinajstić information content (AvgIpc) is 2.52. The van der Waals surface area contributed by atoms with Crippen molar-refractivity contribution in [3.8, 4) is 0 Å². The van der Waals surface area contributed by atoms with Gasteiger partial charge in [-0.2, -0.15) is 0 Å². The van der Waals surface area contributed by atoms with Crippen molar-refractivity contribution in [3.05, 3.63) is 18.1 Å². The van der Waals surface area contributed by atoms with Gasteiger partial charge in [0.2, 0.25) is 0 Å². The summed E-state index contributed by atoms with van der Waals surface area (Å²) in [7, 11) is 2.15. The molecular formula is C15H27N5. The van der Waals surface area contributed by atoms with E-state index in [1.807, 2.05) is 12.4 Å². The number of nitrogens with zero attached hydrogens (tertiary/aromatic N) is 4. The van der Waals surface area contributed by atoms with E-state index < -0.39 is 0 Å². The van der Waals surface area contributed by atoms with Crippen LogP contribution in [0.4, 0.5) is 5.82 Å². The highest BCUT2D eigenvalue weighted by molar-refractivity contribution is 5.36. The molecule has 2 heterocycles. The summed E-state index contributed by atoms with van der Waals surface area (Å²) < 4.78 is 0. The first-order chi connectivity index (χ1) is 9.74. The summed E-state index contributed by atoms with van der Waals surface area (Å²) in [5.41, 5.74) is 1.02. The SMILES string of the molecule is CCNCc1cncc(N(C)C2CCN(CC)CC2)n1. The fraction of sp³-hybridized carbons (Fsp3) is 0.733. The van der Waals surface area contributed by atoms with Gasteiger partial charge < -0.3 is 15.1 Å². The van der Waals surface area contributed by atoms with Crippen molar-refractivity contribution in [1.29, 1.82) is 0 Å². The van der Waals surface area contributed by atoms with E-state index in [-0.39, 0.29) is 0 Å². The minimum Gasteiger partial charge on any atom is -0.355 e. The Bertz CT molecular complexity index is 401. The fourth-order valence-corrected chi connectivity index (χ4v) is 2.71. The molecule has 5 heteroatoms. The van der Waals surface area contributed by atoms with Crippen LogP contribution in [0.2, 0.25) is 0 Å². The molecule has 0 saturated carbocycles. The fourth-order valence-electron chi connectivity index (χ4n) is 2.71. The molecular weight excluding hydrogens is 250 g/mol. The Kier molecular flexibility index (Phi) is 5.73. The van der Waals surface area contributed by atoms with Gasteiger partial charge in [0.15, 0.2) is 0 Å². The number of piperidine rings is 1. The molecule has 0 unspecified atom stereocenters. The van der Waals surface area contributed by atoms with Gasteiger partial charge in [0.05, 0.1) is 11.9 Å². The molecule has 1 aliphatic heterocycles. The van der Waals surface area contributed by atoms with Gasteiger partial charge in [-0.05, 0) is 25.9 Å². The zero-order valence-corrected chi connectivity index (χ0v) is 13.0. The molecule has 0 radical (unpaired) electrons. The molecule has 2 rings (SSSR count). The third-order valence-corrected chi connectivity index (χ3v) is 4.14. The third kappa shape index (κ3) is 3.90. The van der Waals surface area contributed by atoms with Crippen LogP contribution >= 0.6 is 0 Å². The van der Waals surface area contributed by atoms with Crippen molar-refractivity contribution < 1.29 is 0 Å². The van der Waals surface area contributed by atoms with Crippen LogP contribution in [-0.2, 0) is 6.54 Å². The van der Waals surface area contributed by atoms with Crippen molar-refractivity contribution in [1.82, 2.24) is 20.2 Å². The Morgan fingerprint density at radius 1 is 1.30 bits per heavy atom. The standard InChI is InChI=1S/C15H27N5/c1-4-16-10-13-11-17-12-15(18-13)19(3)14-6-8-20(5-2)9-7-14/h11-12,14,16H,4-10H2,1-3H3. The van der Waals surface area contributed by atoms with Gasteiger partial charge in [0.1, 0.15) is 5.82 Å². The lowest BCUT2D eigenvalue weighted by Gasteiger charge is -2.36. The molecule has 112 valence electrons. The number of hydrogen-bond donors (Lipinski definition) is 1. The second-order valence-corrected chi connectivity index (χ2v) is 5.43. The van der Waals surface area contributed by atoms with E-state index in [1.165, 1.54) is 25.9 Å². The Labute approximate surface area is 122 Å². The molecule has 0 aromatic carbocycles. The van der Waals surface area contributed by atoms with E-state index in [4.69, 9.17) is 4.98 Å². The summed E-state index contributed by atoms with van der Waals surface area (Å²) in [6, 6.07) is 0.585. The van der Waals surface area contributed by atoms with Crippen LogP contribution in [-0.4, -0.2) is 54.1 Å². The number of hydrogen-bond acceptors (Lipinski definition) is 5. The van der Waals surface area contributed by atoms with Crippen molar-refractivity contribution in [2.75, 3.05) is 38.1 Å². The Morgan fingerprint density at radius 2 is 2.05 bits per heavy atom. The van der Waals surface area contributed by atoms with Crippen molar-refractivity contribution >= 4 is 5.82 Å². The number of rotatable bonds is 6. The highest BCUT2D eigenvalue weighted by atomic mass is 15.2. The van der Waals surface area contributed by atoms with Crippen LogP contribution in [0.1, 0.15) is 32.4 Å². The van der Waals surface area contributed by atoms with E-state index in [2.05, 4.69) is 41.0 Å². The number of aromatic nitrogens is 2. The van der Waals surface area contributed by atoms with Crippen molar-refractivity contribution in [2.45, 2.75) is 39.3 Å². The normalized spacial score (nSPS) is 17.4. The second-order valence-electron chi connectivity index (χ2n) is 5.43. The largest absolute Gasteiger partial charge is 0.355 e. The Morgan fingerprint density at radius 3 is 2.70 bits per heavy atom. The number of nitrogens with one attached hydrogen (secondary N) is 1. The van der Waals surface area contributed by atoms with Crippen LogP contribution in [0.15, 0.2) is 12.4 Å². The molecule has 1 fully saturated rings. The van der Waals surface area contributed by atoms with Crippen LogP contribution in [0.3, 0.4) is 0 Å². The summed E-state index contributed by atoms with van der Waals surface area (Å²) in [5, 5.41) is 3.30. The lowest BCUT2D eigenvalue weighted by molar-refractivity contribution is 0.220. The first kappa shape index (κ1) is 15.2. The van der Waals surface area contributed by atoms with Gasteiger partial charge >= 0.3 is 0 Å². The smallest absolute Gasteiger partial charge is 0.147 e. The zero-order valence-electron chi connectivity index (χ0n) is 13.0. The summed E-state index contributed by atoms with van der Waals surface area (Å²) in [5.74, 6) is 0.996. The molecule has 0 amide bonds. The Balaban J connectivity index is 1.96. The minimum atomic E-state index is 0.585. The minimum absolute atomic E-state index is 0.585. The first-order valence-corrected chi connectivity index (χ1v) is 7.71. The zero-order chi connectivity index (χ0) is 14.4. The van der Waals surface area contributed by atoms with Crippen LogP contribution in [0.5, 0.6) is 0 Å². The molecule has 1 aromatic heterocycles. The lowest BCUT2D eigenvalue weighted by atomic mass is 10.0. The molecule has 1 N–H and O–H groups in total. The van der Waals surface area contributed by atoms with E-state index in [0.717, 1.165) is 31.1 Å². The maximum atomic E-state index is 4.71. The third-order valence-electron chi connectivity index (χ3n) is 4.14. The molecule has 1 aromatic rings. The molecule has 1 saturated heterocycles. The van der Waals surface area contributed by atoms with Crippen LogP contribution in [0.25, 0.3) is 0 Å². The number of anilines is 1. The van der Waals surface area contributed by atoms with Crippen LogP contribution < -0.4 is 10.2 Å². The molecule has 0 bridgehead atoms. The van der Waals surface area contributed by atoms with Crippen molar-refractivity contribution in [3.63, 3.8) is 0 Å². The van der Waals surface area contributed by atoms with E-state index >= 15 is 0 Å². The summed E-state index contributed by atoms with van der Waals surface area (Å²) in [4.78, 5) is 13.9. The molecule has 0 atom stereocenters. The summed E-state index contributed by atoms with van der Waals surface area (Å²) >= 11 is 0. The predicted octanol–water partition coefficient (Wildman–Crippen LogP) is 1.51. The van der Waals surface area contributed by atoms with Gasteiger partial charge in [-0.3, -0.25) is 4.98 Å². The highest BCUT2D eigenvalue weighted by Gasteiger charge is 2.22. The molecule has 1 aliphatic rings. The van der Waals surface area contributed by atoms with Gasteiger partial charge in [0.25, 0.3) is 0 Å². The summed E-state index contributed by atoms with van der Waals surface area (Å²) in [6.07, 6.45) is 6.15. The average molecular weight is 277 g/mol. The Hall–Kier alpha value is -1.20. The maximum absolute atomic E-state index is 4.71. The topological polar surface area (TPSA) is 44.3 Å². The van der Waals surface area contributed by atoms with Gasteiger partial charge in [-0.1, -0.05) is 13.8 Å². The second kappa shape index (κ2) is 7.55. The highest BCUT2D eigenvalue weighted by Crippen LogP contribution is 2.20. The molecule has 0 aliphatic carbocycles. The van der Waals surface area contributed by atoms with Gasteiger partial charge in [-0.25, -0.2) is 4.98 Å². The lowest BCUT2D eigenvalue weighted by Crippen LogP contribution is -2.43. The number of likely N-dealkylation sites (tertiary alicyclic amines) is 1. The predicted molar refractivity (Wildman–Crippen MR) is 83.0 cm³/mol. The maximum Gasteiger partial charge on any atom is 0.147 e. The molecule has 20 heavy (non-hydrogen) atoms. The first-order valence-electron chi connectivity index (χ1n) is 7.71. The molecule has 0 spiro atoms. The van der Waals surface area contributed by atoms with E-state index in [9.17, 15) is 0 Å². The van der Waals surface area contributed by atoms with Gasteiger partial charge in [0, 0.05) is 38.9 Å². The molecule has 5 nitrogen and oxygen atoms in total. The van der Waals surface area contributed by atoms with E-state index in [0.29, 0.717) is 6.04 Å². The van der Waals surface area contributed by atoms with E-state index in [1.54, 1.807) is 0 Å².